The third-order valence-electron chi connectivity index (χ3n) is 8.42. The van der Waals surface area contributed by atoms with Gasteiger partial charge in [0, 0.05) is 10.4 Å². The van der Waals surface area contributed by atoms with Gasteiger partial charge < -0.3 is 4.42 Å². The first-order valence-electron chi connectivity index (χ1n) is 15.6. The monoisotopic (exact) mass is 685 g/mol. The number of furan rings is 1. The molecule has 6 aromatic carbocycles. The normalized spacial score (nSPS) is 12.5. The molecule has 7 aromatic rings. The summed E-state index contributed by atoms with van der Waals surface area (Å²) in [4.78, 5) is 0.170. The summed E-state index contributed by atoms with van der Waals surface area (Å²) in [6.45, 7) is 1.93. The first-order chi connectivity index (χ1) is 23.3. The number of nitrogens with one attached hydrogen (secondary N) is 1. The van der Waals surface area contributed by atoms with Gasteiger partial charge in [-0.25, -0.2) is 8.42 Å². The predicted molar refractivity (Wildman–Crippen MR) is 198 cm³/mol. The Morgan fingerprint density at radius 3 is 1.77 bits per heavy atom. The zero-order valence-electron chi connectivity index (χ0n) is 26.1. The van der Waals surface area contributed by atoms with Gasteiger partial charge in [-0.2, -0.15) is 0 Å². The van der Waals surface area contributed by atoms with E-state index in [1.165, 1.54) is 0 Å². The van der Waals surface area contributed by atoms with Crippen molar-refractivity contribution in [2.75, 3.05) is 4.72 Å². The fraction of sp³-hybridized carbons (Fsp3) is 0.0732. The molecule has 0 fully saturated rings. The van der Waals surface area contributed by atoms with Crippen LogP contribution in [0.3, 0.4) is 0 Å². The number of anilines is 1. The summed E-state index contributed by atoms with van der Waals surface area (Å²) in [7, 11) is -3.98. The number of benzene rings is 6. The summed E-state index contributed by atoms with van der Waals surface area (Å²) < 4.78 is 36.9. The van der Waals surface area contributed by atoms with Gasteiger partial charge in [0.05, 0.1) is 20.6 Å². The van der Waals surface area contributed by atoms with Gasteiger partial charge in [-0.05, 0) is 65.6 Å². The van der Waals surface area contributed by atoms with E-state index in [0.717, 1.165) is 27.8 Å². The maximum Gasteiger partial charge on any atom is 0.262 e. The highest BCUT2D eigenvalue weighted by molar-refractivity contribution is 8.01. The van der Waals surface area contributed by atoms with Gasteiger partial charge in [-0.3, -0.25) is 4.72 Å². The van der Waals surface area contributed by atoms with Crippen molar-refractivity contribution >= 4 is 50.0 Å². The number of thioether (sulfide) groups is 1. The molecule has 0 aliphatic rings. The van der Waals surface area contributed by atoms with Crippen molar-refractivity contribution < 1.29 is 12.8 Å². The molecule has 0 saturated heterocycles. The molecule has 1 heterocycles. The Morgan fingerprint density at radius 1 is 0.667 bits per heavy atom. The summed E-state index contributed by atoms with van der Waals surface area (Å²) >= 11 is 8.34. The van der Waals surface area contributed by atoms with E-state index in [2.05, 4.69) is 41.1 Å². The van der Waals surface area contributed by atoms with E-state index < -0.39 is 20.0 Å². The summed E-state index contributed by atoms with van der Waals surface area (Å²) in [5.41, 5.74) is 6.01. The number of halogens is 1. The highest BCUT2D eigenvalue weighted by atomic mass is 35.5. The van der Waals surface area contributed by atoms with Gasteiger partial charge >= 0.3 is 0 Å². The lowest BCUT2D eigenvalue weighted by molar-refractivity contribution is 0.559. The van der Waals surface area contributed by atoms with Gasteiger partial charge in [0.15, 0.2) is 0 Å². The Balaban J connectivity index is 1.50. The van der Waals surface area contributed by atoms with Crippen LogP contribution in [0.5, 0.6) is 0 Å². The second-order valence-electron chi connectivity index (χ2n) is 11.6. The smallest absolute Gasteiger partial charge is 0.262 e. The number of para-hydroxylation sites is 1. The molecule has 1 aromatic heterocycles. The molecule has 238 valence electrons. The zero-order valence-corrected chi connectivity index (χ0v) is 28.5. The van der Waals surface area contributed by atoms with E-state index in [4.69, 9.17) is 16.0 Å². The molecule has 0 radical (unpaired) electrons. The van der Waals surface area contributed by atoms with Gasteiger partial charge in [0.1, 0.15) is 11.3 Å². The summed E-state index contributed by atoms with van der Waals surface area (Å²) in [5, 5.41) is 0.716. The molecule has 1 N–H and O–H groups in total. The van der Waals surface area contributed by atoms with Crippen LogP contribution in [0.15, 0.2) is 173 Å². The van der Waals surface area contributed by atoms with Crippen molar-refractivity contribution in [2.45, 2.75) is 21.8 Å². The fourth-order valence-corrected chi connectivity index (χ4v) is 9.12. The van der Waals surface area contributed by atoms with Crippen LogP contribution in [0, 0.1) is 6.92 Å². The van der Waals surface area contributed by atoms with Crippen LogP contribution < -0.4 is 4.72 Å². The van der Waals surface area contributed by atoms with Gasteiger partial charge in [0.25, 0.3) is 10.0 Å². The van der Waals surface area contributed by atoms with Crippen LogP contribution >= 0.6 is 23.4 Å². The number of rotatable bonds is 10. The van der Waals surface area contributed by atoms with Crippen LogP contribution in [-0.2, 0) is 14.8 Å². The van der Waals surface area contributed by atoms with E-state index in [9.17, 15) is 8.42 Å². The Bertz CT molecular complexity index is 2180. The van der Waals surface area contributed by atoms with Gasteiger partial charge in [-0.1, -0.05) is 145 Å². The summed E-state index contributed by atoms with van der Waals surface area (Å²) in [6.07, 6.45) is 0. The van der Waals surface area contributed by atoms with E-state index in [-0.39, 0.29) is 4.90 Å². The van der Waals surface area contributed by atoms with Crippen LogP contribution in [0.1, 0.15) is 38.8 Å². The molecular formula is C41H32ClNO3S2. The minimum atomic E-state index is -3.98. The van der Waals surface area contributed by atoms with E-state index in [1.54, 1.807) is 36.0 Å². The third kappa shape index (κ3) is 6.15. The predicted octanol–water partition coefficient (Wildman–Crippen LogP) is 11.0. The van der Waals surface area contributed by atoms with Crippen molar-refractivity contribution in [3.8, 4) is 0 Å². The van der Waals surface area contributed by atoms with Crippen LogP contribution in [-0.4, -0.2) is 8.42 Å². The molecule has 0 aliphatic heterocycles. The third-order valence-corrected chi connectivity index (χ3v) is 11.8. The van der Waals surface area contributed by atoms with Crippen LogP contribution in [0.4, 0.5) is 5.69 Å². The Morgan fingerprint density at radius 2 is 1.21 bits per heavy atom. The average molecular weight is 686 g/mol. The van der Waals surface area contributed by atoms with Crippen LogP contribution in [0.25, 0.3) is 11.0 Å². The minimum absolute atomic E-state index is 0.170. The lowest BCUT2D eigenvalue weighted by Gasteiger charge is -2.38. The SMILES string of the molecule is Cc1ccc(S(=O)(=O)Nc2c([C@H](SC(c3ccccc3)(c3ccccc3)c3ccccc3)c3cccc(Cl)c3)oc3ccccc23)cc1. The molecule has 0 spiro atoms. The zero-order chi connectivity index (χ0) is 33.1. The molecular weight excluding hydrogens is 654 g/mol. The molecule has 0 bridgehead atoms. The molecule has 0 saturated carbocycles. The van der Waals surface area contributed by atoms with E-state index in [1.807, 2.05) is 110 Å². The summed E-state index contributed by atoms with van der Waals surface area (Å²) in [6, 6.07) is 53.2. The maximum absolute atomic E-state index is 14.0. The molecule has 4 nitrogen and oxygen atoms in total. The molecule has 0 unspecified atom stereocenters. The Kier molecular flexibility index (Phi) is 8.88. The van der Waals surface area contributed by atoms with Crippen molar-refractivity contribution in [1.29, 1.82) is 0 Å². The molecule has 7 rings (SSSR count). The standard InChI is InChI=1S/C41H32ClNO3S2/c1-29-24-26-35(27-25-29)48(44,45)43-38-36-22-11-12-23-37(36)46-39(38)40(30-14-13-21-34(42)28-30)47-41(31-15-5-2-6-16-31,32-17-7-3-8-18-32)33-19-9-4-10-20-33/h2-28,40,43H,1H3/t40-/m1/s1. The Hall–Kier alpha value is -4.75. The van der Waals surface area contributed by atoms with Gasteiger partial charge in [-0.15, -0.1) is 11.8 Å². The highest BCUT2D eigenvalue weighted by Gasteiger charge is 2.42. The van der Waals surface area contributed by atoms with Crippen LogP contribution in [0.2, 0.25) is 5.02 Å². The second kappa shape index (κ2) is 13.4. The number of hydrogen-bond donors (Lipinski definition) is 1. The molecule has 0 aliphatic carbocycles. The van der Waals surface area contributed by atoms with Crippen molar-refractivity contribution in [2.24, 2.45) is 0 Å². The second-order valence-corrected chi connectivity index (χ2v) is 15.0. The first kappa shape index (κ1) is 31.8. The molecule has 7 heteroatoms. The van der Waals surface area contributed by atoms with E-state index in [0.29, 0.717) is 27.4 Å². The highest BCUT2D eigenvalue weighted by Crippen LogP contribution is 2.57. The number of fused-ring (bicyclic) bond motifs is 1. The minimum Gasteiger partial charge on any atom is -0.457 e. The fourth-order valence-electron chi connectivity index (χ4n) is 6.11. The first-order valence-corrected chi connectivity index (χ1v) is 18.3. The van der Waals surface area contributed by atoms with Crippen molar-refractivity contribution in [3.63, 3.8) is 0 Å². The maximum atomic E-state index is 14.0. The molecule has 0 amide bonds. The van der Waals surface area contributed by atoms with Crippen molar-refractivity contribution in [1.82, 2.24) is 0 Å². The summed E-state index contributed by atoms with van der Waals surface area (Å²) in [5.74, 6) is 0.478. The average Bonchev–Trinajstić information content (AvgIpc) is 3.47. The lowest BCUT2D eigenvalue weighted by atomic mass is 9.84. The lowest BCUT2D eigenvalue weighted by Crippen LogP contribution is -2.27. The molecule has 48 heavy (non-hydrogen) atoms. The topological polar surface area (TPSA) is 59.3 Å². The largest absolute Gasteiger partial charge is 0.457 e. The number of hydrogen-bond acceptors (Lipinski definition) is 4. The number of sulfonamides is 1. The molecule has 1 atom stereocenters. The Labute approximate surface area is 290 Å². The van der Waals surface area contributed by atoms with Gasteiger partial charge in [0.2, 0.25) is 0 Å². The quantitative estimate of drug-likeness (QED) is 0.146. The van der Waals surface area contributed by atoms with Crippen molar-refractivity contribution in [3.05, 3.63) is 202 Å². The van der Waals surface area contributed by atoms with E-state index >= 15 is 0 Å². The number of aryl methyl sites for hydroxylation is 1.